The highest BCUT2D eigenvalue weighted by Gasteiger charge is 2.37. The maximum atomic E-state index is 13.1. The summed E-state index contributed by atoms with van der Waals surface area (Å²) in [6, 6.07) is 7.30. The molecule has 2 saturated heterocycles. The van der Waals surface area contributed by atoms with Crippen LogP contribution in [0.3, 0.4) is 0 Å². The first-order chi connectivity index (χ1) is 19.2. The van der Waals surface area contributed by atoms with Gasteiger partial charge >= 0.3 is 0 Å². The molecule has 0 atom stereocenters. The molecule has 11 nitrogen and oxygen atoms in total. The van der Waals surface area contributed by atoms with Gasteiger partial charge < -0.3 is 19.5 Å². The van der Waals surface area contributed by atoms with Crippen LogP contribution >= 0.6 is 11.8 Å². The fourth-order valence-corrected chi connectivity index (χ4v) is 6.38. The Kier molecular flexibility index (Phi) is 8.27. The smallest absolute Gasteiger partial charge is 0.294 e. The topological polar surface area (TPSA) is 127 Å². The van der Waals surface area contributed by atoms with E-state index in [9.17, 15) is 24.5 Å². The number of nitro groups is 1. The average molecular weight is 568 g/mol. The number of ether oxygens (including phenoxy) is 1. The fraction of sp³-hybridized carbons (Fsp3) is 0.464. The minimum absolute atomic E-state index is 0.0168. The summed E-state index contributed by atoms with van der Waals surface area (Å²) in [7, 11) is 0. The molecule has 40 heavy (non-hydrogen) atoms. The van der Waals surface area contributed by atoms with Crippen LogP contribution in [-0.2, 0) is 14.3 Å². The number of carbonyl (C=O) groups excluding carboxylic acids is 3. The second kappa shape index (κ2) is 11.8. The van der Waals surface area contributed by atoms with Gasteiger partial charge in [0, 0.05) is 36.6 Å². The predicted molar refractivity (Wildman–Crippen MR) is 152 cm³/mol. The first kappa shape index (κ1) is 27.9. The first-order valence-corrected chi connectivity index (χ1v) is 14.4. The average Bonchev–Trinajstić information content (AvgIpc) is 3.38. The normalized spacial score (nSPS) is 19.5. The van der Waals surface area contributed by atoms with Gasteiger partial charge in [-0.05, 0) is 68.3 Å². The summed E-state index contributed by atoms with van der Waals surface area (Å²) in [6.45, 7) is 5.20. The molecule has 0 unspecified atom stereocenters. The van der Waals surface area contributed by atoms with E-state index in [-0.39, 0.29) is 34.0 Å². The van der Waals surface area contributed by atoms with Crippen LogP contribution in [0.2, 0.25) is 0 Å². The van der Waals surface area contributed by atoms with E-state index in [4.69, 9.17) is 4.74 Å². The van der Waals surface area contributed by atoms with Crippen molar-refractivity contribution in [1.82, 2.24) is 14.4 Å². The van der Waals surface area contributed by atoms with Crippen molar-refractivity contribution in [2.75, 3.05) is 38.2 Å². The van der Waals surface area contributed by atoms with Crippen LogP contribution in [0.25, 0.3) is 11.8 Å². The minimum Gasteiger partial charge on any atom is -0.378 e. The molecular weight excluding hydrogens is 534 g/mol. The van der Waals surface area contributed by atoms with E-state index in [1.807, 2.05) is 30.5 Å². The van der Waals surface area contributed by atoms with Gasteiger partial charge in [0.05, 0.1) is 28.7 Å². The summed E-state index contributed by atoms with van der Waals surface area (Å²) >= 11 is 0.806. The molecule has 12 heteroatoms. The van der Waals surface area contributed by atoms with Gasteiger partial charge in [-0.2, -0.15) is 0 Å². The molecule has 0 bridgehead atoms. The standard InChI is InChI=1S/C28H33N5O6S/c1-18-14-20(15-25-27(35)31(28(36)40-25)17-26(34)30-10-12-39-13-11-30)19(2)32(18)22-8-9-23(24(16-22)33(37)38)29-21-6-4-3-5-7-21/h8-9,14-16,21,29H,3-7,10-13,17H2,1-2H3/b25-15-. The van der Waals surface area contributed by atoms with Gasteiger partial charge in [-0.25, -0.2) is 0 Å². The molecule has 5 rings (SSSR count). The van der Waals surface area contributed by atoms with E-state index in [0.717, 1.165) is 59.3 Å². The maximum absolute atomic E-state index is 13.1. The zero-order valence-electron chi connectivity index (χ0n) is 22.7. The van der Waals surface area contributed by atoms with Crippen molar-refractivity contribution in [2.24, 2.45) is 0 Å². The van der Waals surface area contributed by atoms with Crippen LogP contribution in [0.5, 0.6) is 0 Å². The molecule has 0 radical (unpaired) electrons. The lowest BCUT2D eigenvalue weighted by Crippen LogP contribution is -2.46. The Morgan fingerprint density at radius 1 is 1.15 bits per heavy atom. The summed E-state index contributed by atoms with van der Waals surface area (Å²) in [5.74, 6) is -0.789. The highest BCUT2D eigenvalue weighted by atomic mass is 32.2. The number of nitrogens with zero attached hydrogens (tertiary/aromatic N) is 4. The molecule has 3 fully saturated rings. The Balaban J connectivity index is 1.37. The Hall–Kier alpha value is -3.64. The maximum Gasteiger partial charge on any atom is 0.294 e. The van der Waals surface area contributed by atoms with Crippen molar-refractivity contribution in [3.05, 3.63) is 56.2 Å². The Labute approximate surface area is 236 Å². The summed E-state index contributed by atoms with van der Waals surface area (Å²) in [6.07, 6.45) is 7.11. The van der Waals surface area contributed by atoms with Crippen molar-refractivity contribution in [2.45, 2.75) is 52.0 Å². The summed E-state index contributed by atoms with van der Waals surface area (Å²) in [5.41, 5.74) is 3.49. The lowest BCUT2D eigenvalue weighted by Gasteiger charge is -2.28. The molecule has 1 saturated carbocycles. The summed E-state index contributed by atoms with van der Waals surface area (Å²) < 4.78 is 7.16. The largest absolute Gasteiger partial charge is 0.378 e. The van der Waals surface area contributed by atoms with E-state index in [1.54, 1.807) is 23.1 Å². The molecule has 2 aromatic rings. The number of aryl methyl sites for hydroxylation is 1. The second-order valence-electron chi connectivity index (χ2n) is 10.4. The number of thioether (sulfide) groups is 1. The van der Waals surface area contributed by atoms with Crippen LogP contribution in [0, 0.1) is 24.0 Å². The predicted octanol–water partition coefficient (Wildman–Crippen LogP) is 4.64. The van der Waals surface area contributed by atoms with E-state index >= 15 is 0 Å². The number of hydrogen-bond donors (Lipinski definition) is 1. The molecule has 2 aliphatic heterocycles. The quantitative estimate of drug-likeness (QED) is 0.291. The third-order valence-corrected chi connectivity index (χ3v) is 8.60. The lowest BCUT2D eigenvalue weighted by molar-refractivity contribution is -0.384. The fourth-order valence-electron chi connectivity index (χ4n) is 5.56. The third kappa shape index (κ3) is 5.78. The number of amides is 3. The van der Waals surface area contributed by atoms with Crippen LogP contribution in [0.15, 0.2) is 29.2 Å². The van der Waals surface area contributed by atoms with E-state index in [1.165, 1.54) is 6.42 Å². The Morgan fingerprint density at radius 2 is 1.88 bits per heavy atom. The zero-order chi connectivity index (χ0) is 28.4. The molecule has 3 aliphatic rings. The number of carbonyl (C=O) groups is 3. The molecule has 1 aromatic heterocycles. The minimum atomic E-state index is -0.504. The lowest BCUT2D eigenvalue weighted by atomic mass is 9.95. The molecule has 3 amide bonds. The van der Waals surface area contributed by atoms with Gasteiger partial charge in [-0.1, -0.05) is 19.3 Å². The number of nitro benzene ring substituents is 1. The summed E-state index contributed by atoms with van der Waals surface area (Å²) in [5, 5.41) is 14.9. The molecule has 0 spiro atoms. The number of hydrogen-bond acceptors (Lipinski definition) is 8. The van der Waals surface area contributed by atoms with Gasteiger partial charge in [0.1, 0.15) is 12.2 Å². The number of anilines is 1. The van der Waals surface area contributed by atoms with Crippen molar-refractivity contribution >= 4 is 46.3 Å². The second-order valence-corrected chi connectivity index (χ2v) is 11.4. The van der Waals surface area contributed by atoms with Gasteiger partial charge in [0.15, 0.2) is 0 Å². The highest BCUT2D eigenvalue weighted by molar-refractivity contribution is 8.18. The van der Waals surface area contributed by atoms with Crippen LogP contribution < -0.4 is 5.32 Å². The van der Waals surface area contributed by atoms with Gasteiger partial charge in [0.25, 0.3) is 16.8 Å². The number of benzene rings is 1. The van der Waals surface area contributed by atoms with Gasteiger partial charge in [-0.15, -0.1) is 0 Å². The molecular formula is C28H33N5O6S. The van der Waals surface area contributed by atoms with Crippen molar-refractivity contribution < 1.29 is 24.0 Å². The SMILES string of the molecule is Cc1cc(/C=C2\SC(=O)N(CC(=O)N3CCOCC3)C2=O)c(C)n1-c1ccc(NC2CCCCC2)c([N+](=O)[O-])c1. The van der Waals surface area contributed by atoms with Gasteiger partial charge in [-0.3, -0.25) is 29.4 Å². The highest BCUT2D eigenvalue weighted by Crippen LogP contribution is 2.35. The third-order valence-electron chi connectivity index (χ3n) is 7.69. The molecule has 1 aromatic carbocycles. The number of nitrogens with one attached hydrogen (secondary N) is 1. The molecule has 1 aliphatic carbocycles. The summed E-state index contributed by atoms with van der Waals surface area (Å²) in [4.78, 5) is 52.7. The molecule has 212 valence electrons. The van der Waals surface area contributed by atoms with Crippen LogP contribution in [0.4, 0.5) is 16.2 Å². The Morgan fingerprint density at radius 3 is 2.58 bits per heavy atom. The van der Waals surface area contributed by atoms with Crippen LogP contribution in [-0.4, -0.2) is 75.2 Å². The van der Waals surface area contributed by atoms with E-state index < -0.39 is 11.1 Å². The number of aromatic nitrogens is 1. The van der Waals surface area contributed by atoms with E-state index in [0.29, 0.717) is 37.7 Å². The van der Waals surface area contributed by atoms with Crippen molar-refractivity contribution in [3.63, 3.8) is 0 Å². The first-order valence-electron chi connectivity index (χ1n) is 13.6. The van der Waals surface area contributed by atoms with Crippen LogP contribution in [0.1, 0.15) is 49.1 Å². The van der Waals surface area contributed by atoms with Gasteiger partial charge in [0.2, 0.25) is 5.91 Å². The Bertz CT molecular complexity index is 1370. The number of morpholine rings is 1. The molecule has 3 heterocycles. The number of imide groups is 1. The van der Waals surface area contributed by atoms with Crippen molar-refractivity contribution in [1.29, 1.82) is 0 Å². The van der Waals surface area contributed by atoms with Crippen molar-refractivity contribution in [3.8, 4) is 5.69 Å². The number of rotatable bonds is 7. The monoisotopic (exact) mass is 567 g/mol. The molecule has 1 N–H and O–H groups in total. The zero-order valence-corrected chi connectivity index (χ0v) is 23.5. The van der Waals surface area contributed by atoms with E-state index in [2.05, 4.69) is 5.32 Å².